The summed E-state index contributed by atoms with van der Waals surface area (Å²) in [6.45, 7) is 4.72. The number of hydrogen-bond acceptors (Lipinski definition) is 6. The number of carbonyl (C=O) groups excluding carboxylic acids is 2. The van der Waals surface area contributed by atoms with E-state index in [1.54, 1.807) is 20.8 Å². The Hall–Kier alpha value is -2.65. The van der Waals surface area contributed by atoms with Crippen molar-refractivity contribution in [3.05, 3.63) is 11.4 Å². The zero-order valence-electron chi connectivity index (χ0n) is 12.8. The lowest BCUT2D eigenvalue weighted by Gasteiger charge is -2.19. The number of carboxylic acid groups (broad SMARTS) is 1. The number of nitrogens with one attached hydrogen (secondary N) is 2. The molecule has 1 aromatic heterocycles. The van der Waals surface area contributed by atoms with Crippen molar-refractivity contribution in [2.24, 2.45) is 0 Å². The second kappa shape index (κ2) is 6.87. The highest BCUT2D eigenvalue weighted by atomic mass is 16.6. The molecule has 10 heteroatoms. The molecule has 0 unspecified atom stereocenters. The van der Waals surface area contributed by atoms with Crippen LogP contribution in [0.5, 0.6) is 0 Å². The van der Waals surface area contributed by atoms with E-state index in [1.165, 1.54) is 7.05 Å². The van der Waals surface area contributed by atoms with Crippen LogP contribution in [0.2, 0.25) is 0 Å². The number of amides is 2. The third kappa shape index (κ3) is 5.04. The van der Waals surface area contributed by atoms with Gasteiger partial charge in [0.05, 0.1) is 12.2 Å². The molecule has 0 saturated carbocycles. The van der Waals surface area contributed by atoms with E-state index in [-0.39, 0.29) is 30.4 Å². The van der Waals surface area contributed by atoms with E-state index in [1.807, 2.05) is 0 Å². The van der Waals surface area contributed by atoms with Gasteiger partial charge in [-0.3, -0.25) is 4.79 Å². The minimum atomic E-state index is -1.30. The van der Waals surface area contributed by atoms with Crippen molar-refractivity contribution in [2.45, 2.75) is 39.5 Å². The lowest BCUT2D eigenvalue weighted by atomic mass is 10.2. The van der Waals surface area contributed by atoms with Crippen molar-refractivity contribution in [2.75, 3.05) is 7.05 Å². The quantitative estimate of drug-likeness (QED) is 0.681. The van der Waals surface area contributed by atoms with E-state index in [9.17, 15) is 14.4 Å². The van der Waals surface area contributed by atoms with E-state index in [4.69, 9.17) is 9.84 Å². The van der Waals surface area contributed by atoms with Crippen LogP contribution in [-0.2, 0) is 22.6 Å². The van der Waals surface area contributed by atoms with Crippen molar-refractivity contribution < 1.29 is 24.2 Å². The van der Waals surface area contributed by atoms with Crippen LogP contribution in [0, 0.1) is 0 Å². The lowest BCUT2D eigenvalue weighted by molar-refractivity contribution is -0.121. The predicted molar refractivity (Wildman–Crippen MR) is 74.1 cm³/mol. The van der Waals surface area contributed by atoms with Crippen LogP contribution in [0.25, 0.3) is 0 Å². The molecule has 0 bridgehead atoms. The SMILES string of the molecule is CNC(=O)Cn1nnc(C(=O)O)c1CNC(=O)OC(C)(C)C. The second-order valence-electron chi connectivity index (χ2n) is 5.38. The molecule has 0 aliphatic carbocycles. The smallest absolute Gasteiger partial charge is 0.407 e. The van der Waals surface area contributed by atoms with E-state index >= 15 is 0 Å². The van der Waals surface area contributed by atoms with Gasteiger partial charge in [-0.1, -0.05) is 5.21 Å². The van der Waals surface area contributed by atoms with Crippen LogP contribution in [0.4, 0.5) is 4.79 Å². The molecule has 1 rings (SSSR count). The first kappa shape index (κ1) is 17.4. The Balaban J connectivity index is 2.86. The van der Waals surface area contributed by atoms with Crippen LogP contribution in [0.15, 0.2) is 0 Å². The molecular weight excluding hydrogens is 294 g/mol. The predicted octanol–water partition coefficient (Wildman–Crippen LogP) is -0.253. The monoisotopic (exact) mass is 313 g/mol. The minimum absolute atomic E-state index is 0.0990. The topological polar surface area (TPSA) is 135 Å². The van der Waals surface area contributed by atoms with Gasteiger partial charge < -0.3 is 20.5 Å². The number of carbonyl (C=O) groups is 3. The van der Waals surface area contributed by atoms with Crippen LogP contribution in [0.3, 0.4) is 0 Å². The summed E-state index contributed by atoms with van der Waals surface area (Å²) in [6, 6.07) is 0. The first-order valence-electron chi connectivity index (χ1n) is 6.47. The fourth-order valence-corrected chi connectivity index (χ4v) is 1.49. The highest BCUT2D eigenvalue weighted by molar-refractivity contribution is 5.86. The highest BCUT2D eigenvalue weighted by Gasteiger charge is 2.22. The number of alkyl carbamates (subject to hydrolysis) is 1. The number of ether oxygens (including phenoxy) is 1. The average Bonchev–Trinajstić information content (AvgIpc) is 2.77. The average molecular weight is 313 g/mol. The zero-order valence-corrected chi connectivity index (χ0v) is 12.8. The number of likely N-dealkylation sites (N-methyl/N-ethyl adjacent to an activating group) is 1. The summed E-state index contributed by atoms with van der Waals surface area (Å²) in [7, 11) is 1.44. The first-order chi connectivity index (χ1) is 10.1. The standard InChI is InChI=1S/C12H19N5O5/c1-12(2,3)22-11(21)14-5-7-9(10(19)20)15-16-17(7)6-8(18)13-4/h5-6H2,1-4H3,(H,13,18)(H,14,21)(H,19,20). The van der Waals surface area contributed by atoms with Gasteiger partial charge in [-0.2, -0.15) is 0 Å². The van der Waals surface area contributed by atoms with E-state index in [0.29, 0.717) is 0 Å². The molecule has 10 nitrogen and oxygen atoms in total. The molecule has 0 fully saturated rings. The molecular formula is C12H19N5O5. The molecule has 1 heterocycles. The Morgan fingerprint density at radius 3 is 2.45 bits per heavy atom. The van der Waals surface area contributed by atoms with Gasteiger partial charge in [-0.15, -0.1) is 5.10 Å². The molecule has 22 heavy (non-hydrogen) atoms. The molecule has 122 valence electrons. The maximum absolute atomic E-state index is 11.6. The maximum Gasteiger partial charge on any atom is 0.407 e. The molecule has 0 atom stereocenters. The van der Waals surface area contributed by atoms with Gasteiger partial charge in [-0.05, 0) is 20.8 Å². The zero-order chi connectivity index (χ0) is 16.9. The van der Waals surface area contributed by atoms with Crippen LogP contribution >= 0.6 is 0 Å². The number of aromatic carboxylic acids is 1. The number of rotatable bonds is 5. The molecule has 0 aliphatic rings. The Kier molecular flexibility index (Phi) is 5.44. The number of carboxylic acids is 1. The summed E-state index contributed by atoms with van der Waals surface area (Å²) in [5.41, 5.74) is -0.915. The number of nitrogens with zero attached hydrogens (tertiary/aromatic N) is 3. The van der Waals surface area contributed by atoms with Gasteiger partial charge in [0.2, 0.25) is 5.91 Å². The van der Waals surface area contributed by atoms with E-state index in [0.717, 1.165) is 4.68 Å². The fourth-order valence-electron chi connectivity index (χ4n) is 1.49. The number of hydrogen-bond donors (Lipinski definition) is 3. The molecule has 1 aromatic rings. The third-order valence-electron chi connectivity index (χ3n) is 2.41. The van der Waals surface area contributed by atoms with Crippen molar-refractivity contribution in [1.82, 2.24) is 25.6 Å². The normalized spacial score (nSPS) is 10.9. The molecule has 0 aromatic carbocycles. The van der Waals surface area contributed by atoms with Crippen LogP contribution in [-0.4, -0.2) is 50.7 Å². The summed E-state index contributed by atoms with van der Waals surface area (Å²) in [5.74, 6) is -1.68. The summed E-state index contributed by atoms with van der Waals surface area (Å²) in [5, 5.41) is 21.0. The summed E-state index contributed by atoms with van der Waals surface area (Å²) >= 11 is 0. The van der Waals surface area contributed by atoms with E-state index < -0.39 is 17.7 Å². The van der Waals surface area contributed by atoms with E-state index in [2.05, 4.69) is 20.9 Å². The summed E-state index contributed by atoms with van der Waals surface area (Å²) in [6.07, 6.45) is -0.712. The fraction of sp³-hybridized carbons (Fsp3) is 0.583. The molecule has 0 radical (unpaired) electrons. The summed E-state index contributed by atoms with van der Waals surface area (Å²) < 4.78 is 6.16. The van der Waals surface area contributed by atoms with Gasteiger partial charge in [0.1, 0.15) is 12.1 Å². The van der Waals surface area contributed by atoms with Gasteiger partial charge in [0.15, 0.2) is 5.69 Å². The highest BCUT2D eigenvalue weighted by Crippen LogP contribution is 2.09. The van der Waals surface area contributed by atoms with Gasteiger partial charge in [0.25, 0.3) is 0 Å². The summed E-state index contributed by atoms with van der Waals surface area (Å²) in [4.78, 5) is 34.1. The van der Waals surface area contributed by atoms with Crippen molar-refractivity contribution >= 4 is 18.0 Å². The van der Waals surface area contributed by atoms with Crippen molar-refractivity contribution in [1.29, 1.82) is 0 Å². The minimum Gasteiger partial charge on any atom is -0.476 e. The largest absolute Gasteiger partial charge is 0.476 e. The molecule has 0 aliphatic heterocycles. The third-order valence-corrected chi connectivity index (χ3v) is 2.41. The van der Waals surface area contributed by atoms with Crippen LogP contribution in [0.1, 0.15) is 37.0 Å². The van der Waals surface area contributed by atoms with Gasteiger partial charge in [0, 0.05) is 7.05 Å². The molecule has 2 amide bonds. The van der Waals surface area contributed by atoms with Gasteiger partial charge >= 0.3 is 12.1 Å². The first-order valence-corrected chi connectivity index (χ1v) is 6.47. The Labute approximate surface area is 126 Å². The molecule has 3 N–H and O–H groups in total. The second-order valence-corrected chi connectivity index (χ2v) is 5.38. The number of aromatic nitrogens is 3. The Morgan fingerprint density at radius 2 is 1.95 bits per heavy atom. The van der Waals surface area contributed by atoms with Crippen LogP contribution < -0.4 is 10.6 Å². The molecule has 0 spiro atoms. The maximum atomic E-state index is 11.6. The molecule has 0 saturated heterocycles. The van der Waals surface area contributed by atoms with Crippen molar-refractivity contribution in [3.63, 3.8) is 0 Å². The van der Waals surface area contributed by atoms with Crippen molar-refractivity contribution in [3.8, 4) is 0 Å². The Bertz CT molecular complexity index is 575. The lowest BCUT2D eigenvalue weighted by Crippen LogP contribution is -2.33. The Morgan fingerprint density at radius 1 is 1.32 bits per heavy atom. The van der Waals surface area contributed by atoms with Gasteiger partial charge in [-0.25, -0.2) is 14.3 Å².